The van der Waals surface area contributed by atoms with Crippen molar-refractivity contribution in [2.24, 2.45) is 0 Å². The van der Waals surface area contributed by atoms with Crippen LogP contribution in [0.2, 0.25) is 0 Å². The number of nitrogens with zero attached hydrogens (tertiary/aromatic N) is 2. The second-order valence-electron chi connectivity index (χ2n) is 6.47. The molecule has 1 aromatic carbocycles. The molecular formula is C17H24FN3O4S. The highest BCUT2D eigenvalue weighted by molar-refractivity contribution is 7.91. The van der Waals surface area contributed by atoms with Gasteiger partial charge in [-0.25, -0.2) is 12.8 Å². The van der Waals surface area contributed by atoms with Gasteiger partial charge in [0.1, 0.15) is 5.82 Å². The Balaban J connectivity index is 1.86. The van der Waals surface area contributed by atoms with E-state index in [0.717, 1.165) is 0 Å². The monoisotopic (exact) mass is 385 g/mol. The summed E-state index contributed by atoms with van der Waals surface area (Å²) in [5.74, 6) is -0.923. The lowest BCUT2D eigenvalue weighted by Gasteiger charge is -2.28. The molecule has 1 saturated heterocycles. The molecule has 0 saturated carbocycles. The molecule has 0 radical (unpaired) electrons. The molecule has 2 amide bonds. The molecule has 144 valence electrons. The van der Waals surface area contributed by atoms with Gasteiger partial charge in [-0.15, -0.1) is 0 Å². The molecular weight excluding hydrogens is 361 g/mol. The van der Waals surface area contributed by atoms with Crippen molar-refractivity contribution in [3.05, 3.63) is 30.1 Å². The second-order valence-corrected chi connectivity index (χ2v) is 8.70. The van der Waals surface area contributed by atoms with Crippen molar-refractivity contribution < 1.29 is 22.4 Å². The second kappa shape index (κ2) is 8.59. The molecule has 0 aliphatic carbocycles. The molecule has 1 fully saturated rings. The number of hydrogen-bond donors (Lipinski definition) is 1. The fourth-order valence-electron chi connectivity index (χ4n) is 3.05. The van der Waals surface area contributed by atoms with E-state index >= 15 is 0 Å². The molecule has 1 aliphatic rings. The molecule has 0 unspecified atom stereocenters. The molecule has 1 aromatic rings. The van der Waals surface area contributed by atoms with Gasteiger partial charge in [-0.3, -0.25) is 14.5 Å². The van der Waals surface area contributed by atoms with E-state index in [-0.39, 0.29) is 42.5 Å². The zero-order chi connectivity index (χ0) is 19.3. The normalized spacial score (nSPS) is 18.7. The van der Waals surface area contributed by atoms with Gasteiger partial charge in [0.15, 0.2) is 9.84 Å². The minimum Gasteiger partial charge on any atom is -0.338 e. The molecule has 26 heavy (non-hydrogen) atoms. The highest BCUT2D eigenvalue weighted by Crippen LogP contribution is 2.18. The van der Waals surface area contributed by atoms with Crippen LogP contribution in [0.4, 0.5) is 10.1 Å². The molecule has 7 nitrogen and oxygen atoms in total. The van der Waals surface area contributed by atoms with Crippen LogP contribution < -0.4 is 5.32 Å². The van der Waals surface area contributed by atoms with E-state index in [4.69, 9.17) is 0 Å². The zero-order valence-corrected chi connectivity index (χ0v) is 15.8. The number of sulfone groups is 1. The van der Waals surface area contributed by atoms with Crippen LogP contribution in [0.5, 0.6) is 0 Å². The highest BCUT2D eigenvalue weighted by atomic mass is 32.2. The van der Waals surface area contributed by atoms with Gasteiger partial charge in [-0.2, -0.15) is 0 Å². The zero-order valence-electron chi connectivity index (χ0n) is 14.9. The number of carbonyl (C=O) groups is 2. The van der Waals surface area contributed by atoms with Crippen LogP contribution in [-0.2, 0) is 19.4 Å². The first-order valence-electron chi connectivity index (χ1n) is 8.44. The largest absolute Gasteiger partial charge is 0.338 e. The summed E-state index contributed by atoms with van der Waals surface area (Å²) >= 11 is 0. The standard InChI is InChI=1S/C17H24FN3O4S/c1-3-21(15-7-8-26(24,25)12-15)17(23)11-20(2)10-16(22)19-14-6-4-5-13(18)9-14/h4-6,9,15H,3,7-8,10-12H2,1-2H3,(H,19,22)/t15-/m0/s1. The molecule has 1 heterocycles. The Hall–Kier alpha value is -2.00. The van der Waals surface area contributed by atoms with E-state index < -0.39 is 15.7 Å². The predicted molar refractivity (Wildman–Crippen MR) is 97.0 cm³/mol. The summed E-state index contributed by atoms with van der Waals surface area (Å²) in [7, 11) is -1.44. The molecule has 0 bridgehead atoms. The Labute approximate surface area is 153 Å². The summed E-state index contributed by atoms with van der Waals surface area (Å²) in [6, 6.07) is 5.26. The summed E-state index contributed by atoms with van der Waals surface area (Å²) in [5, 5.41) is 2.57. The van der Waals surface area contributed by atoms with Crippen LogP contribution in [0.1, 0.15) is 13.3 Å². The number of rotatable bonds is 7. The van der Waals surface area contributed by atoms with E-state index in [1.54, 1.807) is 29.8 Å². The average molecular weight is 385 g/mol. The third-order valence-corrected chi connectivity index (χ3v) is 5.99. The lowest BCUT2D eigenvalue weighted by atomic mass is 10.2. The third-order valence-electron chi connectivity index (χ3n) is 4.24. The summed E-state index contributed by atoms with van der Waals surface area (Å²) in [6.45, 7) is 2.19. The molecule has 1 N–H and O–H groups in total. The fourth-order valence-corrected chi connectivity index (χ4v) is 4.78. The number of benzene rings is 1. The Bertz CT molecular complexity index is 769. The number of halogens is 1. The fraction of sp³-hybridized carbons (Fsp3) is 0.529. The van der Waals surface area contributed by atoms with Gasteiger partial charge in [0, 0.05) is 18.3 Å². The minimum absolute atomic E-state index is 0.000951. The van der Waals surface area contributed by atoms with E-state index in [1.165, 1.54) is 18.2 Å². The maximum absolute atomic E-state index is 13.1. The van der Waals surface area contributed by atoms with Crippen molar-refractivity contribution in [2.75, 3.05) is 43.5 Å². The third kappa shape index (κ3) is 5.77. The maximum Gasteiger partial charge on any atom is 0.238 e. The van der Waals surface area contributed by atoms with Crippen LogP contribution in [0.3, 0.4) is 0 Å². The Morgan fingerprint density at radius 1 is 1.31 bits per heavy atom. The number of hydrogen-bond acceptors (Lipinski definition) is 5. The molecule has 1 aliphatic heterocycles. The molecule has 2 rings (SSSR count). The van der Waals surface area contributed by atoms with E-state index in [2.05, 4.69) is 5.32 Å². The van der Waals surface area contributed by atoms with Crippen LogP contribution in [-0.4, -0.2) is 74.3 Å². The molecule has 0 spiro atoms. The first-order valence-corrected chi connectivity index (χ1v) is 10.3. The Kier molecular flexibility index (Phi) is 6.71. The topological polar surface area (TPSA) is 86.8 Å². The molecule has 0 aromatic heterocycles. The van der Waals surface area contributed by atoms with Gasteiger partial charge in [0.2, 0.25) is 11.8 Å². The summed E-state index contributed by atoms with van der Waals surface area (Å²) < 4.78 is 36.4. The van der Waals surface area contributed by atoms with Crippen LogP contribution >= 0.6 is 0 Å². The average Bonchev–Trinajstić information content (AvgIpc) is 2.87. The predicted octanol–water partition coefficient (Wildman–Crippen LogP) is 0.732. The van der Waals surface area contributed by atoms with E-state index in [9.17, 15) is 22.4 Å². The van der Waals surface area contributed by atoms with Crippen molar-refractivity contribution in [1.29, 1.82) is 0 Å². The smallest absolute Gasteiger partial charge is 0.238 e. The molecule has 1 atom stereocenters. The first kappa shape index (κ1) is 20.3. The quantitative estimate of drug-likeness (QED) is 0.748. The first-order chi connectivity index (χ1) is 12.2. The van der Waals surface area contributed by atoms with Crippen molar-refractivity contribution in [2.45, 2.75) is 19.4 Å². The number of nitrogens with one attached hydrogen (secondary N) is 1. The number of likely N-dealkylation sites (N-methyl/N-ethyl adjacent to an activating group) is 2. The lowest BCUT2D eigenvalue weighted by Crippen LogP contribution is -2.46. The van der Waals surface area contributed by atoms with E-state index in [0.29, 0.717) is 18.7 Å². The highest BCUT2D eigenvalue weighted by Gasteiger charge is 2.34. The summed E-state index contributed by atoms with van der Waals surface area (Å²) in [6.07, 6.45) is 0.450. The lowest BCUT2D eigenvalue weighted by molar-refractivity contribution is -0.134. The van der Waals surface area contributed by atoms with Gasteiger partial charge in [0.05, 0.1) is 24.6 Å². The molecule has 9 heteroatoms. The minimum atomic E-state index is -3.07. The number of amides is 2. The van der Waals surface area contributed by atoms with Gasteiger partial charge >= 0.3 is 0 Å². The van der Waals surface area contributed by atoms with Gasteiger partial charge in [-0.05, 0) is 38.6 Å². The number of carbonyl (C=O) groups excluding carboxylic acids is 2. The van der Waals surface area contributed by atoms with Gasteiger partial charge in [0.25, 0.3) is 0 Å². The Morgan fingerprint density at radius 2 is 2.04 bits per heavy atom. The maximum atomic E-state index is 13.1. The SMILES string of the molecule is CCN(C(=O)CN(C)CC(=O)Nc1cccc(F)c1)[C@H]1CCS(=O)(=O)C1. The van der Waals surface area contributed by atoms with Crippen molar-refractivity contribution >= 4 is 27.3 Å². The van der Waals surface area contributed by atoms with Crippen molar-refractivity contribution in [3.8, 4) is 0 Å². The number of anilines is 1. The van der Waals surface area contributed by atoms with Crippen LogP contribution in [0.15, 0.2) is 24.3 Å². The van der Waals surface area contributed by atoms with Gasteiger partial charge in [-0.1, -0.05) is 6.07 Å². The Morgan fingerprint density at radius 3 is 2.62 bits per heavy atom. The summed E-state index contributed by atoms with van der Waals surface area (Å²) in [4.78, 5) is 27.6. The van der Waals surface area contributed by atoms with Gasteiger partial charge < -0.3 is 10.2 Å². The van der Waals surface area contributed by atoms with E-state index in [1.807, 2.05) is 0 Å². The van der Waals surface area contributed by atoms with Crippen LogP contribution in [0, 0.1) is 5.82 Å². The summed E-state index contributed by atoms with van der Waals surface area (Å²) in [5.41, 5.74) is 0.348. The van der Waals surface area contributed by atoms with Crippen molar-refractivity contribution in [1.82, 2.24) is 9.80 Å². The van der Waals surface area contributed by atoms with Crippen molar-refractivity contribution in [3.63, 3.8) is 0 Å². The van der Waals surface area contributed by atoms with Crippen LogP contribution in [0.25, 0.3) is 0 Å².